The van der Waals surface area contributed by atoms with Crippen molar-refractivity contribution in [2.75, 3.05) is 34.5 Å². The number of methoxy groups -OCH3 is 1. The number of rotatable bonds is 1. The summed E-state index contributed by atoms with van der Waals surface area (Å²) in [5.41, 5.74) is 1.25. The fraction of sp³-hybridized carbons (Fsp3) is 0.500. The Labute approximate surface area is 141 Å². The molecule has 3 aliphatic rings. The van der Waals surface area contributed by atoms with E-state index in [9.17, 15) is 4.79 Å². The number of hydrogen-bond donors (Lipinski definition) is 0. The topological polar surface area (TPSA) is 51.2 Å². The number of carbonyl (C=O) groups is 1. The lowest BCUT2D eigenvalue weighted by molar-refractivity contribution is -0.136. The molecule has 0 fully saturated rings. The van der Waals surface area contributed by atoms with Crippen molar-refractivity contribution >= 4 is 5.91 Å². The average molecular weight is 330 g/mol. The van der Waals surface area contributed by atoms with E-state index in [0.717, 1.165) is 17.1 Å². The van der Waals surface area contributed by atoms with E-state index in [1.54, 1.807) is 12.0 Å². The van der Waals surface area contributed by atoms with Crippen LogP contribution in [-0.2, 0) is 9.53 Å². The number of likely N-dealkylation sites (N-methyl/N-ethyl adjacent to an activating group) is 1. The van der Waals surface area contributed by atoms with Crippen molar-refractivity contribution in [1.29, 1.82) is 0 Å². The predicted octanol–water partition coefficient (Wildman–Crippen LogP) is 1.92. The van der Waals surface area contributed by atoms with Crippen LogP contribution in [0, 0.1) is 0 Å². The molecule has 1 amide bonds. The molecule has 3 aliphatic heterocycles. The average Bonchev–Trinajstić information content (AvgIpc) is 2.67. The maximum Gasteiger partial charge on any atom is 0.256 e. The van der Waals surface area contributed by atoms with E-state index in [-0.39, 0.29) is 11.8 Å². The third kappa shape index (κ3) is 2.12. The van der Waals surface area contributed by atoms with E-state index in [0.29, 0.717) is 31.2 Å². The van der Waals surface area contributed by atoms with Gasteiger partial charge < -0.3 is 24.0 Å². The van der Waals surface area contributed by atoms with E-state index >= 15 is 0 Å². The number of nitrogens with zero attached hydrogens (tertiary/aromatic N) is 2. The van der Waals surface area contributed by atoms with Gasteiger partial charge in [-0.25, -0.2) is 0 Å². The molecule has 0 saturated heterocycles. The number of fused-ring (bicyclic) bond motifs is 5. The first kappa shape index (κ1) is 15.2. The molecule has 1 aromatic rings. The highest BCUT2D eigenvalue weighted by molar-refractivity contribution is 5.96. The third-order valence-electron chi connectivity index (χ3n) is 5.03. The molecule has 24 heavy (non-hydrogen) atoms. The predicted molar refractivity (Wildman–Crippen MR) is 87.8 cm³/mol. The maximum absolute atomic E-state index is 12.9. The quantitative estimate of drug-likeness (QED) is 0.787. The second kappa shape index (κ2) is 5.06. The molecule has 4 rings (SSSR count). The van der Waals surface area contributed by atoms with Gasteiger partial charge in [0.25, 0.3) is 5.91 Å². The maximum atomic E-state index is 12.9. The summed E-state index contributed by atoms with van der Waals surface area (Å²) in [6.45, 7) is 3.02. The van der Waals surface area contributed by atoms with Crippen molar-refractivity contribution in [3.8, 4) is 11.5 Å². The zero-order chi connectivity index (χ0) is 17.1. The van der Waals surface area contributed by atoms with Crippen LogP contribution in [0.2, 0.25) is 0 Å². The number of benzene rings is 1. The summed E-state index contributed by atoms with van der Waals surface area (Å²) in [5.74, 6) is 2.19. The number of carbonyl (C=O) groups excluding carboxylic acids is 1. The molecular weight excluding hydrogens is 308 g/mol. The summed E-state index contributed by atoms with van der Waals surface area (Å²) in [6.07, 6.45) is 0.708. The summed E-state index contributed by atoms with van der Waals surface area (Å²) in [4.78, 5) is 16.6. The molecule has 0 aliphatic carbocycles. The standard InChI is InChI=1S/C18H22N2O4/c1-18-8-13(12-7-11(22-4)5-6-14(12)23-9-18)15-16(21)19(2)10-20(3)17(15)24-18/h5-7,13H,8-10H2,1-4H3/t13-,18+/m0/s1. The molecule has 2 bridgehead atoms. The monoisotopic (exact) mass is 330 g/mol. The largest absolute Gasteiger partial charge is 0.497 e. The Hall–Kier alpha value is -2.37. The summed E-state index contributed by atoms with van der Waals surface area (Å²) in [7, 11) is 5.41. The van der Waals surface area contributed by atoms with Gasteiger partial charge in [0.15, 0.2) is 0 Å². The van der Waals surface area contributed by atoms with Crippen molar-refractivity contribution in [2.24, 2.45) is 0 Å². The number of hydrogen-bond acceptors (Lipinski definition) is 5. The Morgan fingerprint density at radius 2 is 2.08 bits per heavy atom. The molecule has 0 spiro atoms. The Bertz CT molecular complexity index is 745. The van der Waals surface area contributed by atoms with E-state index in [1.807, 2.05) is 44.1 Å². The van der Waals surface area contributed by atoms with Gasteiger partial charge in [0.05, 0.1) is 19.4 Å². The molecule has 6 nitrogen and oxygen atoms in total. The second-order valence-corrected chi connectivity index (χ2v) is 7.06. The first-order chi connectivity index (χ1) is 11.4. The molecule has 0 radical (unpaired) electrons. The van der Waals surface area contributed by atoms with E-state index in [1.165, 1.54) is 0 Å². The van der Waals surface area contributed by atoms with Crippen LogP contribution in [0.15, 0.2) is 29.7 Å². The summed E-state index contributed by atoms with van der Waals surface area (Å²) >= 11 is 0. The minimum atomic E-state index is -0.458. The summed E-state index contributed by atoms with van der Waals surface area (Å²) < 4.78 is 17.6. The Balaban J connectivity index is 1.92. The molecule has 0 aromatic heterocycles. The van der Waals surface area contributed by atoms with Gasteiger partial charge in [-0.1, -0.05) is 0 Å². The Morgan fingerprint density at radius 3 is 2.83 bits per heavy atom. The van der Waals surface area contributed by atoms with Crippen molar-refractivity contribution in [2.45, 2.75) is 24.9 Å². The van der Waals surface area contributed by atoms with Gasteiger partial charge in [-0.05, 0) is 25.1 Å². The van der Waals surface area contributed by atoms with E-state index < -0.39 is 5.60 Å². The number of ether oxygens (including phenoxy) is 3. The molecule has 128 valence electrons. The van der Waals surface area contributed by atoms with Crippen molar-refractivity contribution in [3.05, 3.63) is 35.2 Å². The second-order valence-electron chi connectivity index (χ2n) is 7.06. The Morgan fingerprint density at radius 1 is 1.29 bits per heavy atom. The molecular formula is C18H22N2O4. The van der Waals surface area contributed by atoms with Crippen LogP contribution < -0.4 is 9.47 Å². The van der Waals surface area contributed by atoms with Crippen LogP contribution >= 0.6 is 0 Å². The highest BCUT2D eigenvalue weighted by atomic mass is 16.6. The molecule has 6 heteroatoms. The molecule has 0 N–H and O–H groups in total. The molecule has 2 atom stereocenters. The van der Waals surface area contributed by atoms with Crippen molar-refractivity contribution in [3.63, 3.8) is 0 Å². The zero-order valence-corrected chi connectivity index (χ0v) is 14.5. The van der Waals surface area contributed by atoms with E-state index in [4.69, 9.17) is 14.2 Å². The normalized spacial score (nSPS) is 28.5. The van der Waals surface area contributed by atoms with Crippen LogP contribution in [0.4, 0.5) is 0 Å². The minimum Gasteiger partial charge on any atom is -0.497 e. The highest BCUT2D eigenvalue weighted by Crippen LogP contribution is 2.49. The van der Waals surface area contributed by atoms with Gasteiger partial charge in [0.2, 0.25) is 5.88 Å². The van der Waals surface area contributed by atoms with Gasteiger partial charge in [-0.15, -0.1) is 0 Å². The van der Waals surface area contributed by atoms with Gasteiger partial charge in [-0.2, -0.15) is 0 Å². The molecule has 3 heterocycles. The van der Waals surface area contributed by atoms with Crippen LogP contribution in [0.3, 0.4) is 0 Å². The van der Waals surface area contributed by atoms with Crippen LogP contribution in [0.5, 0.6) is 11.5 Å². The first-order valence-electron chi connectivity index (χ1n) is 8.12. The first-order valence-corrected chi connectivity index (χ1v) is 8.12. The fourth-order valence-corrected chi connectivity index (χ4v) is 3.83. The smallest absolute Gasteiger partial charge is 0.256 e. The fourth-order valence-electron chi connectivity index (χ4n) is 3.83. The zero-order valence-electron chi connectivity index (χ0n) is 14.5. The van der Waals surface area contributed by atoms with Crippen molar-refractivity contribution < 1.29 is 19.0 Å². The molecule has 0 unspecified atom stereocenters. The van der Waals surface area contributed by atoms with Crippen LogP contribution in [0.1, 0.15) is 24.8 Å². The summed E-state index contributed by atoms with van der Waals surface area (Å²) in [5, 5.41) is 0. The van der Waals surface area contributed by atoms with Gasteiger partial charge >= 0.3 is 0 Å². The third-order valence-corrected chi connectivity index (χ3v) is 5.03. The molecule has 1 aromatic carbocycles. The lowest BCUT2D eigenvalue weighted by Gasteiger charge is -2.45. The lowest BCUT2D eigenvalue weighted by Crippen LogP contribution is -2.51. The Kier molecular flexibility index (Phi) is 3.20. The minimum absolute atomic E-state index is 0.0193. The van der Waals surface area contributed by atoms with Crippen molar-refractivity contribution in [1.82, 2.24) is 9.80 Å². The SMILES string of the molecule is COc1ccc2c(c1)[C@@H]1C[C@](C)(CO2)OC2=C1C(=O)N(C)CN2C. The number of amides is 1. The highest BCUT2D eigenvalue weighted by Gasteiger charge is 2.48. The van der Waals surface area contributed by atoms with Gasteiger partial charge in [-0.3, -0.25) is 4.79 Å². The van der Waals surface area contributed by atoms with Crippen LogP contribution in [-0.4, -0.2) is 55.8 Å². The van der Waals surface area contributed by atoms with Crippen LogP contribution in [0.25, 0.3) is 0 Å². The van der Waals surface area contributed by atoms with Gasteiger partial charge in [0, 0.05) is 32.0 Å². The summed E-state index contributed by atoms with van der Waals surface area (Å²) in [6, 6.07) is 5.77. The van der Waals surface area contributed by atoms with E-state index in [2.05, 4.69) is 0 Å². The lowest BCUT2D eigenvalue weighted by atomic mass is 9.79. The molecule has 0 saturated carbocycles. The van der Waals surface area contributed by atoms with Gasteiger partial charge in [0.1, 0.15) is 23.7 Å².